The van der Waals surface area contributed by atoms with Gasteiger partial charge in [0.1, 0.15) is 0 Å². The number of carbonyl (C=O) groups excluding carboxylic acids is 2. The molecular weight excluding hydrogens is 304 g/mol. The zero-order valence-corrected chi connectivity index (χ0v) is 13.8. The average molecular weight is 326 g/mol. The number of hydrogen-bond acceptors (Lipinski definition) is 3. The van der Waals surface area contributed by atoms with Gasteiger partial charge in [-0.3, -0.25) is 9.59 Å². The van der Waals surface area contributed by atoms with Crippen molar-refractivity contribution in [2.45, 2.75) is 38.1 Å². The fourth-order valence-corrected chi connectivity index (χ4v) is 3.13. The van der Waals surface area contributed by atoms with E-state index in [-0.39, 0.29) is 17.6 Å². The third-order valence-corrected chi connectivity index (χ3v) is 4.58. The Labute approximate surface area is 141 Å². The van der Waals surface area contributed by atoms with E-state index in [0.29, 0.717) is 17.3 Å². The normalized spacial score (nSPS) is 15.0. The Kier molecular flexibility index (Phi) is 4.99. The molecule has 5 nitrogen and oxygen atoms in total. The second-order valence-corrected chi connectivity index (χ2v) is 6.22. The number of anilines is 1. The number of rotatable bonds is 4. The van der Waals surface area contributed by atoms with Crippen molar-refractivity contribution in [3.8, 4) is 0 Å². The second-order valence-electron chi connectivity index (χ2n) is 6.22. The molecule has 1 saturated carbocycles. The molecule has 0 unspecified atom stereocenters. The maximum absolute atomic E-state index is 12.6. The lowest BCUT2D eigenvalue weighted by molar-refractivity contribution is 0.0696. The zero-order valence-electron chi connectivity index (χ0n) is 13.8. The first-order valence-corrected chi connectivity index (χ1v) is 8.37. The molecule has 0 saturated heterocycles. The molecule has 1 aromatic heterocycles. The number of furan rings is 1. The van der Waals surface area contributed by atoms with Crippen LogP contribution in [0.4, 0.5) is 5.69 Å². The van der Waals surface area contributed by atoms with Crippen LogP contribution in [0.5, 0.6) is 0 Å². The Morgan fingerprint density at radius 1 is 1.08 bits per heavy atom. The molecule has 1 N–H and O–H groups in total. The minimum absolute atomic E-state index is 0.0332. The third kappa shape index (κ3) is 3.67. The van der Waals surface area contributed by atoms with Gasteiger partial charge in [0.2, 0.25) is 0 Å². The largest absolute Gasteiger partial charge is 0.459 e. The van der Waals surface area contributed by atoms with Gasteiger partial charge in [0.15, 0.2) is 5.76 Å². The minimum atomic E-state index is -0.307. The number of carbonyl (C=O) groups is 2. The highest BCUT2D eigenvalue weighted by Gasteiger charge is 2.22. The van der Waals surface area contributed by atoms with Crippen LogP contribution in [-0.2, 0) is 0 Å². The Morgan fingerprint density at radius 3 is 2.42 bits per heavy atom. The van der Waals surface area contributed by atoms with Crippen molar-refractivity contribution in [3.63, 3.8) is 0 Å². The molecule has 0 bridgehead atoms. The van der Waals surface area contributed by atoms with Crippen LogP contribution in [0, 0.1) is 0 Å². The molecule has 24 heavy (non-hydrogen) atoms. The van der Waals surface area contributed by atoms with E-state index in [1.807, 2.05) is 11.9 Å². The Balaban J connectivity index is 1.63. The smallest absolute Gasteiger partial charge is 0.291 e. The number of nitrogens with one attached hydrogen (secondary N) is 1. The average Bonchev–Trinajstić information content (AvgIpc) is 3.17. The van der Waals surface area contributed by atoms with Gasteiger partial charge in [-0.1, -0.05) is 19.3 Å². The predicted molar refractivity (Wildman–Crippen MR) is 92.1 cm³/mol. The van der Waals surface area contributed by atoms with Crippen LogP contribution in [0.3, 0.4) is 0 Å². The monoisotopic (exact) mass is 326 g/mol. The first kappa shape index (κ1) is 16.3. The zero-order chi connectivity index (χ0) is 16.9. The lowest BCUT2D eigenvalue weighted by atomic mass is 9.94. The van der Waals surface area contributed by atoms with E-state index < -0.39 is 0 Å². The molecule has 2 aromatic rings. The van der Waals surface area contributed by atoms with Crippen molar-refractivity contribution >= 4 is 17.5 Å². The molecular formula is C19H22N2O3. The summed E-state index contributed by atoms with van der Waals surface area (Å²) < 4.78 is 5.06. The molecule has 2 amide bonds. The molecule has 126 valence electrons. The van der Waals surface area contributed by atoms with Gasteiger partial charge in [0, 0.05) is 24.3 Å². The SMILES string of the molecule is CN(C(=O)c1ccc(NC(=O)c2ccco2)cc1)C1CCCCC1. The molecule has 1 aliphatic carbocycles. The molecule has 5 heteroatoms. The molecule has 0 radical (unpaired) electrons. The van der Waals surface area contributed by atoms with Gasteiger partial charge in [-0.2, -0.15) is 0 Å². The van der Waals surface area contributed by atoms with E-state index in [1.165, 1.54) is 25.5 Å². The summed E-state index contributed by atoms with van der Waals surface area (Å²) in [5.74, 6) is -0.0172. The second kappa shape index (κ2) is 7.34. The van der Waals surface area contributed by atoms with Crippen molar-refractivity contribution < 1.29 is 14.0 Å². The molecule has 1 aromatic carbocycles. The first-order valence-electron chi connectivity index (χ1n) is 8.37. The van der Waals surface area contributed by atoms with Gasteiger partial charge in [-0.15, -0.1) is 0 Å². The Morgan fingerprint density at radius 2 is 1.79 bits per heavy atom. The summed E-state index contributed by atoms with van der Waals surface area (Å²) in [6.07, 6.45) is 7.28. The maximum Gasteiger partial charge on any atom is 0.291 e. The fraction of sp³-hybridized carbons (Fsp3) is 0.368. The van der Waals surface area contributed by atoms with E-state index in [2.05, 4.69) is 5.32 Å². The van der Waals surface area contributed by atoms with E-state index in [4.69, 9.17) is 4.42 Å². The Bertz CT molecular complexity index is 686. The lowest BCUT2D eigenvalue weighted by Crippen LogP contribution is -2.38. The number of nitrogens with zero attached hydrogens (tertiary/aromatic N) is 1. The molecule has 1 aliphatic rings. The van der Waals surface area contributed by atoms with Crippen molar-refractivity contribution in [3.05, 3.63) is 54.0 Å². The molecule has 1 fully saturated rings. The van der Waals surface area contributed by atoms with Crippen LogP contribution in [0.25, 0.3) is 0 Å². The van der Waals surface area contributed by atoms with Gasteiger partial charge >= 0.3 is 0 Å². The van der Waals surface area contributed by atoms with Crippen molar-refractivity contribution in [2.24, 2.45) is 0 Å². The molecule has 1 heterocycles. The summed E-state index contributed by atoms with van der Waals surface area (Å²) in [5, 5.41) is 2.75. The van der Waals surface area contributed by atoms with Crippen LogP contribution in [-0.4, -0.2) is 29.8 Å². The fourth-order valence-electron chi connectivity index (χ4n) is 3.13. The van der Waals surface area contributed by atoms with E-state index in [0.717, 1.165) is 12.8 Å². The van der Waals surface area contributed by atoms with Gasteiger partial charge < -0.3 is 14.6 Å². The summed E-state index contributed by atoms with van der Waals surface area (Å²) >= 11 is 0. The summed E-state index contributed by atoms with van der Waals surface area (Å²) in [6.45, 7) is 0. The number of hydrogen-bond donors (Lipinski definition) is 1. The van der Waals surface area contributed by atoms with Crippen LogP contribution in [0.2, 0.25) is 0 Å². The van der Waals surface area contributed by atoms with Gasteiger partial charge in [-0.25, -0.2) is 0 Å². The lowest BCUT2D eigenvalue weighted by Gasteiger charge is -2.31. The molecule has 0 spiro atoms. The quantitative estimate of drug-likeness (QED) is 0.926. The standard InChI is InChI=1S/C19H22N2O3/c1-21(16-6-3-2-4-7-16)19(23)14-9-11-15(12-10-14)20-18(22)17-8-5-13-24-17/h5,8-13,16H,2-4,6-7H2,1H3,(H,20,22). The molecule has 0 aliphatic heterocycles. The van der Waals surface area contributed by atoms with Gasteiger partial charge in [0.25, 0.3) is 11.8 Å². The summed E-state index contributed by atoms with van der Waals surface area (Å²) in [7, 11) is 1.88. The maximum atomic E-state index is 12.6. The predicted octanol–water partition coefficient (Wildman–Crippen LogP) is 3.94. The summed E-state index contributed by atoms with van der Waals surface area (Å²) in [6, 6.07) is 10.6. The summed E-state index contributed by atoms with van der Waals surface area (Å²) in [5.41, 5.74) is 1.27. The Hall–Kier alpha value is -2.56. The van der Waals surface area contributed by atoms with Crippen molar-refractivity contribution in [1.29, 1.82) is 0 Å². The van der Waals surface area contributed by atoms with E-state index in [9.17, 15) is 9.59 Å². The third-order valence-electron chi connectivity index (χ3n) is 4.58. The number of benzene rings is 1. The molecule has 3 rings (SSSR count). The van der Waals surface area contributed by atoms with Crippen molar-refractivity contribution in [2.75, 3.05) is 12.4 Å². The molecule has 0 atom stereocenters. The first-order chi connectivity index (χ1) is 11.6. The van der Waals surface area contributed by atoms with Crippen molar-refractivity contribution in [1.82, 2.24) is 4.90 Å². The van der Waals surface area contributed by atoms with Crippen LogP contribution in [0.1, 0.15) is 53.0 Å². The van der Waals surface area contributed by atoms with E-state index >= 15 is 0 Å². The van der Waals surface area contributed by atoms with Crippen LogP contribution >= 0.6 is 0 Å². The highest BCUT2D eigenvalue weighted by atomic mass is 16.3. The summed E-state index contributed by atoms with van der Waals surface area (Å²) in [4.78, 5) is 26.4. The highest BCUT2D eigenvalue weighted by molar-refractivity contribution is 6.02. The van der Waals surface area contributed by atoms with E-state index in [1.54, 1.807) is 36.4 Å². The van der Waals surface area contributed by atoms with Gasteiger partial charge in [0.05, 0.1) is 6.26 Å². The van der Waals surface area contributed by atoms with Crippen LogP contribution in [0.15, 0.2) is 47.1 Å². The van der Waals surface area contributed by atoms with Gasteiger partial charge in [-0.05, 0) is 49.2 Å². The number of amides is 2. The van der Waals surface area contributed by atoms with Crippen LogP contribution < -0.4 is 5.32 Å². The minimum Gasteiger partial charge on any atom is -0.459 e. The topological polar surface area (TPSA) is 62.6 Å². The highest BCUT2D eigenvalue weighted by Crippen LogP contribution is 2.23.